The van der Waals surface area contributed by atoms with Crippen molar-refractivity contribution in [3.63, 3.8) is 0 Å². The van der Waals surface area contributed by atoms with Gasteiger partial charge in [0.1, 0.15) is 17.8 Å². The lowest BCUT2D eigenvalue weighted by atomic mass is 10.2. The molecule has 5 aromatic rings. The molecule has 1 aromatic carbocycles. The summed E-state index contributed by atoms with van der Waals surface area (Å²) in [6, 6.07) is 9.32. The fraction of sp³-hybridized carbons (Fsp3) is 0.182. The summed E-state index contributed by atoms with van der Waals surface area (Å²) in [5.41, 5.74) is 3.50. The molecule has 34 heavy (non-hydrogen) atoms. The van der Waals surface area contributed by atoms with Crippen molar-refractivity contribution in [2.75, 3.05) is 22.5 Å². The van der Waals surface area contributed by atoms with Gasteiger partial charge in [-0.1, -0.05) is 17.3 Å². The van der Waals surface area contributed by atoms with E-state index >= 15 is 0 Å². The van der Waals surface area contributed by atoms with E-state index in [4.69, 9.17) is 0 Å². The summed E-state index contributed by atoms with van der Waals surface area (Å²) in [4.78, 5) is 27.4. The number of aryl methyl sites for hydroxylation is 2. The second-order valence-electron chi connectivity index (χ2n) is 7.58. The summed E-state index contributed by atoms with van der Waals surface area (Å²) >= 11 is 3.03. The third-order valence-corrected chi connectivity index (χ3v) is 7.01. The van der Waals surface area contributed by atoms with Crippen LogP contribution in [-0.4, -0.2) is 42.5 Å². The van der Waals surface area contributed by atoms with Crippen LogP contribution in [0.25, 0.3) is 20.8 Å². The summed E-state index contributed by atoms with van der Waals surface area (Å²) in [5, 5.41) is 17.7. The molecule has 0 bridgehead atoms. The lowest BCUT2D eigenvalue weighted by Crippen LogP contribution is -2.19. The van der Waals surface area contributed by atoms with Crippen LogP contribution in [0.4, 0.5) is 21.4 Å². The number of amides is 2. The number of urea groups is 1. The highest BCUT2D eigenvalue weighted by Crippen LogP contribution is 2.34. The molecule has 10 nitrogen and oxygen atoms in total. The maximum Gasteiger partial charge on any atom is 0.325 e. The van der Waals surface area contributed by atoms with E-state index in [1.165, 1.54) is 11.3 Å². The average molecular weight is 492 g/mol. The molecule has 0 aliphatic carbocycles. The van der Waals surface area contributed by atoms with Gasteiger partial charge < -0.3 is 10.6 Å². The third-order valence-electron chi connectivity index (χ3n) is 4.88. The van der Waals surface area contributed by atoms with Gasteiger partial charge in [-0.3, -0.25) is 10.00 Å². The van der Waals surface area contributed by atoms with Gasteiger partial charge in [0, 0.05) is 36.8 Å². The van der Waals surface area contributed by atoms with E-state index in [2.05, 4.69) is 41.2 Å². The standard InChI is InChI=1S/C22H21N9OS2/c1-13-4-3-5-14(8-13)27-21(32)28-22-24-10-15(33-22)6-7-23-20-19-16(25-12-26-20)9-18(34-19)17-11-31(2)30-29-17/h3-5,8-12H,6-7H2,1-2H3,(H,23,25,26)(H2,24,27,28,32). The number of carbonyl (C=O) groups is 1. The monoisotopic (exact) mass is 491 g/mol. The molecule has 0 fully saturated rings. The predicted octanol–water partition coefficient (Wildman–Crippen LogP) is 4.55. The Morgan fingerprint density at radius 1 is 1.12 bits per heavy atom. The highest BCUT2D eigenvalue weighted by Gasteiger charge is 2.13. The van der Waals surface area contributed by atoms with Crippen LogP contribution in [0.5, 0.6) is 0 Å². The second kappa shape index (κ2) is 9.53. The van der Waals surface area contributed by atoms with Gasteiger partial charge in [0.05, 0.1) is 21.3 Å². The molecule has 0 atom stereocenters. The number of rotatable bonds is 7. The SMILES string of the molecule is Cc1cccc(NC(=O)Nc2ncc(CCNc3ncnc4cc(-c5cn(C)nn5)sc34)s2)c1. The number of fused-ring (bicyclic) bond motifs is 1. The number of hydrogen-bond acceptors (Lipinski definition) is 9. The Hall–Kier alpha value is -3.90. The molecular weight excluding hydrogens is 470 g/mol. The van der Waals surface area contributed by atoms with Crippen molar-refractivity contribution in [3.05, 3.63) is 59.5 Å². The number of thiazole rings is 1. The number of carbonyl (C=O) groups excluding carboxylic acids is 1. The zero-order chi connectivity index (χ0) is 23.5. The Labute approximate surface area is 203 Å². The zero-order valence-corrected chi connectivity index (χ0v) is 20.1. The molecule has 0 aliphatic rings. The smallest absolute Gasteiger partial charge is 0.325 e. The molecule has 0 aliphatic heterocycles. The molecule has 4 heterocycles. The highest BCUT2D eigenvalue weighted by molar-refractivity contribution is 7.22. The zero-order valence-electron chi connectivity index (χ0n) is 18.4. The van der Waals surface area contributed by atoms with Crippen LogP contribution in [0.1, 0.15) is 10.4 Å². The van der Waals surface area contributed by atoms with E-state index in [1.807, 2.05) is 50.5 Å². The fourth-order valence-electron chi connectivity index (χ4n) is 3.33. The number of thiophene rings is 1. The molecule has 3 N–H and O–H groups in total. The Morgan fingerprint density at radius 2 is 2.03 bits per heavy atom. The first-order valence-electron chi connectivity index (χ1n) is 10.5. The van der Waals surface area contributed by atoms with Crippen LogP contribution in [0.15, 0.2) is 49.1 Å². The number of nitrogens with one attached hydrogen (secondary N) is 3. The van der Waals surface area contributed by atoms with Crippen LogP contribution in [0.2, 0.25) is 0 Å². The lowest BCUT2D eigenvalue weighted by Gasteiger charge is -2.06. The first-order chi connectivity index (χ1) is 16.5. The van der Waals surface area contributed by atoms with Gasteiger partial charge in [-0.05, 0) is 30.7 Å². The van der Waals surface area contributed by atoms with Gasteiger partial charge in [-0.2, -0.15) is 0 Å². The highest BCUT2D eigenvalue weighted by atomic mass is 32.1. The molecule has 0 radical (unpaired) electrons. The van der Waals surface area contributed by atoms with Crippen molar-refractivity contribution in [1.82, 2.24) is 29.9 Å². The topological polar surface area (TPSA) is 123 Å². The molecule has 5 rings (SSSR count). The molecule has 2 amide bonds. The minimum Gasteiger partial charge on any atom is -0.368 e. The van der Waals surface area contributed by atoms with Crippen molar-refractivity contribution in [2.45, 2.75) is 13.3 Å². The van der Waals surface area contributed by atoms with E-state index in [1.54, 1.807) is 28.5 Å². The first kappa shape index (κ1) is 21.9. The Morgan fingerprint density at radius 3 is 2.85 bits per heavy atom. The number of anilines is 3. The van der Waals surface area contributed by atoms with Gasteiger partial charge in [-0.15, -0.1) is 27.8 Å². The normalized spacial score (nSPS) is 11.0. The molecule has 172 valence electrons. The van der Waals surface area contributed by atoms with Gasteiger partial charge in [-0.25, -0.2) is 19.7 Å². The fourth-order valence-corrected chi connectivity index (χ4v) is 5.17. The maximum absolute atomic E-state index is 12.2. The minimum absolute atomic E-state index is 0.315. The van der Waals surface area contributed by atoms with E-state index < -0.39 is 0 Å². The van der Waals surface area contributed by atoms with Crippen LogP contribution in [0.3, 0.4) is 0 Å². The Bertz CT molecular complexity index is 1460. The van der Waals surface area contributed by atoms with Gasteiger partial charge in [0.15, 0.2) is 5.13 Å². The minimum atomic E-state index is -0.315. The molecule has 0 saturated heterocycles. The number of nitrogens with zero attached hydrogens (tertiary/aromatic N) is 6. The second-order valence-corrected chi connectivity index (χ2v) is 9.75. The van der Waals surface area contributed by atoms with Crippen molar-refractivity contribution in [1.29, 1.82) is 0 Å². The van der Waals surface area contributed by atoms with Crippen molar-refractivity contribution in [3.8, 4) is 10.6 Å². The lowest BCUT2D eigenvalue weighted by molar-refractivity contribution is 0.262. The molecule has 4 aromatic heterocycles. The van der Waals surface area contributed by atoms with E-state index in [0.717, 1.165) is 49.2 Å². The van der Waals surface area contributed by atoms with Crippen LogP contribution >= 0.6 is 22.7 Å². The van der Waals surface area contributed by atoms with Crippen LogP contribution in [-0.2, 0) is 13.5 Å². The molecule has 12 heteroatoms. The average Bonchev–Trinajstić information content (AvgIpc) is 3.53. The number of benzene rings is 1. The number of hydrogen-bond donors (Lipinski definition) is 3. The van der Waals surface area contributed by atoms with Crippen molar-refractivity contribution < 1.29 is 4.79 Å². The molecular formula is C22H21N9OS2. The molecule has 0 unspecified atom stereocenters. The van der Waals surface area contributed by atoms with Crippen molar-refractivity contribution >= 4 is 55.6 Å². The summed E-state index contributed by atoms with van der Waals surface area (Å²) in [5.74, 6) is 0.783. The maximum atomic E-state index is 12.2. The number of aromatic nitrogens is 6. The van der Waals surface area contributed by atoms with Gasteiger partial charge in [0.25, 0.3) is 0 Å². The largest absolute Gasteiger partial charge is 0.368 e. The summed E-state index contributed by atoms with van der Waals surface area (Å²) < 4.78 is 2.65. The van der Waals surface area contributed by atoms with Crippen LogP contribution in [0, 0.1) is 6.92 Å². The van der Waals surface area contributed by atoms with Crippen LogP contribution < -0.4 is 16.0 Å². The van der Waals surface area contributed by atoms with E-state index in [-0.39, 0.29) is 6.03 Å². The summed E-state index contributed by atoms with van der Waals surface area (Å²) in [6.45, 7) is 2.65. The Balaban J connectivity index is 1.18. The van der Waals surface area contributed by atoms with E-state index in [0.29, 0.717) is 11.7 Å². The van der Waals surface area contributed by atoms with Gasteiger partial charge in [0.2, 0.25) is 0 Å². The first-order valence-corrected chi connectivity index (χ1v) is 12.1. The third kappa shape index (κ3) is 5.02. The Kier molecular flexibility index (Phi) is 6.14. The predicted molar refractivity (Wildman–Crippen MR) is 136 cm³/mol. The molecule has 0 saturated carbocycles. The van der Waals surface area contributed by atoms with Crippen molar-refractivity contribution in [2.24, 2.45) is 7.05 Å². The van der Waals surface area contributed by atoms with E-state index in [9.17, 15) is 4.79 Å². The van der Waals surface area contributed by atoms with Gasteiger partial charge >= 0.3 is 6.03 Å². The molecule has 0 spiro atoms. The summed E-state index contributed by atoms with van der Waals surface area (Å²) in [7, 11) is 1.84. The quantitative estimate of drug-likeness (QED) is 0.305. The summed E-state index contributed by atoms with van der Waals surface area (Å²) in [6.07, 6.45) is 5.95.